The number of nitrogens with zero attached hydrogens (tertiary/aromatic N) is 4. The number of aromatic nitrogens is 4. The van der Waals surface area contributed by atoms with Crippen LogP contribution in [0, 0.1) is 0 Å². The van der Waals surface area contributed by atoms with Crippen LogP contribution in [-0.2, 0) is 0 Å². The molecule has 9 aromatic carbocycles. The summed E-state index contributed by atoms with van der Waals surface area (Å²) in [6, 6.07) is 87.9. The molecule has 0 radical (unpaired) electrons. The van der Waals surface area contributed by atoms with Crippen LogP contribution in [0.5, 0.6) is 0 Å². The van der Waals surface area contributed by atoms with Crippen molar-refractivity contribution in [2.24, 2.45) is 0 Å². The van der Waals surface area contributed by atoms with E-state index in [0.29, 0.717) is 5.82 Å². The Balaban J connectivity index is 1.15. The molecule has 0 aliphatic rings. The van der Waals surface area contributed by atoms with Crippen molar-refractivity contribution >= 4 is 72.4 Å². The van der Waals surface area contributed by atoms with Gasteiger partial charge >= 0.3 is 0 Å². The standard InChI is InChI=1S/C58H40N4Si/c1-4-20-41(21-5-1)42-22-18-28-46(38-42)63(44-24-6-2-7-25-44,45-26-8-3-9-27-45)47-29-19-23-43(39-47)58-59-56(61-52-34-14-10-30-48(52)49-31-11-15-35-53(49)61)40-57(60-58)62-54-36-16-12-32-50(54)51-33-13-17-37-55(51)62/h1-40H. The molecule has 0 fully saturated rings. The van der Waals surface area contributed by atoms with Crippen LogP contribution in [0.25, 0.3) is 77.8 Å². The summed E-state index contributed by atoms with van der Waals surface area (Å²) in [6.07, 6.45) is 0. The summed E-state index contributed by atoms with van der Waals surface area (Å²) in [4.78, 5) is 11.1. The number of benzene rings is 9. The first-order valence-electron chi connectivity index (χ1n) is 21.5. The molecule has 12 rings (SSSR count). The van der Waals surface area contributed by atoms with Gasteiger partial charge in [0, 0.05) is 33.2 Å². The number of para-hydroxylation sites is 4. The van der Waals surface area contributed by atoms with Gasteiger partial charge in [0.1, 0.15) is 11.6 Å². The maximum absolute atomic E-state index is 5.57. The molecule has 0 amide bonds. The van der Waals surface area contributed by atoms with Crippen molar-refractivity contribution in [1.29, 1.82) is 0 Å². The fourth-order valence-corrected chi connectivity index (χ4v) is 14.8. The fraction of sp³-hybridized carbons (Fsp3) is 0. The molecule has 3 aromatic heterocycles. The average molecular weight is 821 g/mol. The molecule has 12 aromatic rings. The van der Waals surface area contributed by atoms with Gasteiger partial charge in [-0.05, 0) is 56.1 Å². The van der Waals surface area contributed by atoms with E-state index >= 15 is 0 Å². The van der Waals surface area contributed by atoms with Gasteiger partial charge in [0.25, 0.3) is 0 Å². The second-order valence-electron chi connectivity index (χ2n) is 16.2. The van der Waals surface area contributed by atoms with Crippen molar-refractivity contribution in [3.63, 3.8) is 0 Å². The Morgan fingerprint density at radius 1 is 0.270 bits per heavy atom. The minimum atomic E-state index is -2.97. The molecule has 0 unspecified atom stereocenters. The zero-order chi connectivity index (χ0) is 41.7. The highest BCUT2D eigenvalue weighted by atomic mass is 28.3. The van der Waals surface area contributed by atoms with Crippen LogP contribution in [-0.4, -0.2) is 27.2 Å². The first-order chi connectivity index (χ1) is 31.3. The van der Waals surface area contributed by atoms with Gasteiger partial charge in [-0.25, -0.2) is 9.97 Å². The lowest BCUT2D eigenvalue weighted by Gasteiger charge is -2.35. The molecule has 0 N–H and O–H groups in total. The molecular formula is C58H40N4Si. The largest absolute Gasteiger partial charge is 0.294 e. The molecule has 0 aliphatic carbocycles. The normalized spacial score (nSPS) is 11.8. The maximum Gasteiger partial charge on any atom is 0.179 e. The van der Waals surface area contributed by atoms with Gasteiger partial charge in [0.05, 0.1) is 22.1 Å². The molecule has 0 atom stereocenters. The minimum Gasteiger partial charge on any atom is -0.294 e. The van der Waals surface area contributed by atoms with Crippen LogP contribution in [0.2, 0.25) is 0 Å². The van der Waals surface area contributed by atoms with Gasteiger partial charge in [-0.15, -0.1) is 0 Å². The summed E-state index contributed by atoms with van der Waals surface area (Å²) in [5, 5.41) is 9.94. The van der Waals surface area contributed by atoms with E-state index in [1.807, 2.05) is 0 Å². The number of rotatable bonds is 8. The van der Waals surface area contributed by atoms with Crippen molar-refractivity contribution in [1.82, 2.24) is 19.1 Å². The zero-order valence-electron chi connectivity index (χ0n) is 34.4. The van der Waals surface area contributed by atoms with E-state index in [4.69, 9.17) is 9.97 Å². The number of hydrogen-bond acceptors (Lipinski definition) is 2. The highest BCUT2D eigenvalue weighted by Gasteiger charge is 2.42. The molecular weight excluding hydrogens is 781 g/mol. The van der Waals surface area contributed by atoms with Crippen LogP contribution < -0.4 is 20.7 Å². The molecule has 0 saturated carbocycles. The van der Waals surface area contributed by atoms with E-state index in [2.05, 4.69) is 252 Å². The topological polar surface area (TPSA) is 35.6 Å². The molecule has 3 heterocycles. The summed E-state index contributed by atoms with van der Waals surface area (Å²) in [7, 11) is -2.97. The Kier molecular flexibility index (Phi) is 8.80. The second kappa shape index (κ2) is 15.1. The third kappa shape index (κ3) is 5.97. The Morgan fingerprint density at radius 3 is 1.05 bits per heavy atom. The van der Waals surface area contributed by atoms with E-state index in [1.165, 1.54) is 53.4 Å². The van der Waals surface area contributed by atoms with Gasteiger partial charge in [-0.2, -0.15) is 0 Å². The van der Waals surface area contributed by atoms with Gasteiger partial charge in [0.2, 0.25) is 0 Å². The number of fused-ring (bicyclic) bond motifs is 6. The van der Waals surface area contributed by atoms with Crippen LogP contribution in [0.4, 0.5) is 0 Å². The van der Waals surface area contributed by atoms with Gasteiger partial charge in [-0.3, -0.25) is 9.13 Å². The lowest BCUT2D eigenvalue weighted by molar-refractivity contribution is 0.994. The average Bonchev–Trinajstić information content (AvgIpc) is 3.89. The molecule has 5 heteroatoms. The van der Waals surface area contributed by atoms with Crippen molar-refractivity contribution in [3.05, 3.63) is 243 Å². The van der Waals surface area contributed by atoms with Crippen molar-refractivity contribution in [2.45, 2.75) is 0 Å². The van der Waals surface area contributed by atoms with Crippen LogP contribution >= 0.6 is 0 Å². The third-order valence-corrected chi connectivity index (χ3v) is 17.4. The van der Waals surface area contributed by atoms with Crippen LogP contribution in [0.1, 0.15) is 0 Å². The monoisotopic (exact) mass is 820 g/mol. The fourth-order valence-electron chi connectivity index (χ4n) is 9.95. The van der Waals surface area contributed by atoms with E-state index in [0.717, 1.165) is 39.3 Å². The Bertz CT molecular complexity index is 3350. The van der Waals surface area contributed by atoms with Crippen molar-refractivity contribution < 1.29 is 0 Å². The van der Waals surface area contributed by atoms with Crippen molar-refractivity contribution in [3.8, 4) is 34.2 Å². The summed E-state index contributed by atoms with van der Waals surface area (Å²) in [6.45, 7) is 0. The van der Waals surface area contributed by atoms with Gasteiger partial charge < -0.3 is 0 Å². The summed E-state index contributed by atoms with van der Waals surface area (Å²) in [5.74, 6) is 2.28. The molecule has 296 valence electrons. The van der Waals surface area contributed by atoms with E-state index in [-0.39, 0.29) is 0 Å². The van der Waals surface area contributed by atoms with Crippen molar-refractivity contribution in [2.75, 3.05) is 0 Å². The van der Waals surface area contributed by atoms with Crippen LogP contribution in [0.3, 0.4) is 0 Å². The molecule has 0 bridgehead atoms. The second-order valence-corrected chi connectivity index (χ2v) is 20.0. The van der Waals surface area contributed by atoms with Gasteiger partial charge in [-0.1, -0.05) is 212 Å². The first-order valence-corrected chi connectivity index (χ1v) is 23.5. The lowest BCUT2D eigenvalue weighted by Crippen LogP contribution is -2.74. The summed E-state index contributed by atoms with van der Waals surface area (Å²) >= 11 is 0. The molecule has 0 saturated heterocycles. The smallest absolute Gasteiger partial charge is 0.179 e. The highest BCUT2D eigenvalue weighted by molar-refractivity contribution is 7.20. The maximum atomic E-state index is 5.57. The lowest BCUT2D eigenvalue weighted by atomic mass is 10.1. The Labute approximate surface area is 366 Å². The summed E-state index contributed by atoms with van der Waals surface area (Å²) in [5.41, 5.74) is 7.76. The predicted molar refractivity (Wildman–Crippen MR) is 265 cm³/mol. The predicted octanol–water partition coefficient (Wildman–Crippen LogP) is 11.4. The molecule has 4 nitrogen and oxygen atoms in total. The third-order valence-electron chi connectivity index (χ3n) is 12.7. The van der Waals surface area contributed by atoms with E-state index < -0.39 is 8.07 Å². The van der Waals surface area contributed by atoms with E-state index in [1.54, 1.807) is 0 Å². The van der Waals surface area contributed by atoms with E-state index in [9.17, 15) is 0 Å². The SMILES string of the molecule is c1ccc(-c2cccc([Si](c3ccccc3)(c3ccccc3)c3cccc(-c4nc(-n5c6ccccc6c6ccccc65)cc(-n5c6ccccc6c6ccccc65)n4)c3)c2)cc1. The quantitative estimate of drug-likeness (QED) is 0.113. The first kappa shape index (κ1) is 36.7. The molecule has 0 aliphatic heterocycles. The van der Waals surface area contributed by atoms with Crippen LogP contribution in [0.15, 0.2) is 243 Å². The number of hydrogen-bond donors (Lipinski definition) is 0. The molecule has 63 heavy (non-hydrogen) atoms. The molecule has 0 spiro atoms. The Morgan fingerprint density at radius 2 is 0.603 bits per heavy atom. The zero-order valence-corrected chi connectivity index (χ0v) is 35.4. The highest BCUT2D eigenvalue weighted by Crippen LogP contribution is 2.35. The van der Waals surface area contributed by atoms with Gasteiger partial charge in [0.15, 0.2) is 13.9 Å². The Hall–Kier alpha value is -8.12. The summed E-state index contributed by atoms with van der Waals surface area (Å²) < 4.78 is 4.61. The minimum absolute atomic E-state index is 0.662.